The molecule has 0 unspecified atom stereocenters. The summed E-state index contributed by atoms with van der Waals surface area (Å²) in [6.07, 6.45) is 0.596. The Morgan fingerprint density at radius 3 is 2.50 bits per heavy atom. The van der Waals surface area contributed by atoms with Crippen LogP contribution in [0.2, 0.25) is 0 Å². The maximum absolute atomic E-state index is 11.9. The van der Waals surface area contributed by atoms with E-state index in [4.69, 9.17) is 4.74 Å². The van der Waals surface area contributed by atoms with Crippen LogP contribution in [0.4, 0.5) is 0 Å². The van der Waals surface area contributed by atoms with Gasteiger partial charge in [0.2, 0.25) is 5.91 Å². The zero-order chi connectivity index (χ0) is 13.9. The lowest BCUT2D eigenvalue weighted by Gasteiger charge is -2.41. The van der Waals surface area contributed by atoms with Crippen LogP contribution in [0.5, 0.6) is 5.75 Å². The Balaban J connectivity index is 1.81. The van der Waals surface area contributed by atoms with Gasteiger partial charge in [-0.2, -0.15) is 0 Å². The fourth-order valence-electron chi connectivity index (χ4n) is 2.64. The zero-order valence-electron chi connectivity index (χ0n) is 11.5. The van der Waals surface area contributed by atoms with Crippen LogP contribution in [-0.2, 0) is 11.3 Å². The Bertz CT molecular complexity index is 609. The van der Waals surface area contributed by atoms with E-state index in [9.17, 15) is 4.79 Å². The van der Waals surface area contributed by atoms with Crippen molar-refractivity contribution in [3.63, 3.8) is 0 Å². The number of carbonyl (C=O) groups excluding carboxylic acids is 1. The van der Waals surface area contributed by atoms with Gasteiger partial charge in [0.15, 0.2) is 0 Å². The molecule has 0 aliphatic carbocycles. The Morgan fingerprint density at radius 2 is 1.80 bits per heavy atom. The van der Waals surface area contributed by atoms with Crippen molar-refractivity contribution in [1.82, 2.24) is 4.90 Å². The summed E-state index contributed by atoms with van der Waals surface area (Å²) in [7, 11) is 1.66. The van der Waals surface area contributed by atoms with E-state index in [-0.39, 0.29) is 11.9 Å². The lowest BCUT2D eigenvalue weighted by molar-refractivity contribution is -0.147. The predicted molar refractivity (Wildman–Crippen MR) is 77.3 cm³/mol. The highest BCUT2D eigenvalue weighted by molar-refractivity contribution is 5.83. The van der Waals surface area contributed by atoms with E-state index in [2.05, 4.69) is 12.1 Å². The standard InChI is InChI=1S/C17H17NO2/c1-20-16-10-6-5-9-14(16)12-18-15(11-17(18)19)13-7-3-2-4-8-13/h2-10,15H,11-12H2,1H3/t15-/m1/s1. The van der Waals surface area contributed by atoms with Crippen LogP contribution in [-0.4, -0.2) is 17.9 Å². The van der Waals surface area contributed by atoms with E-state index >= 15 is 0 Å². The largest absolute Gasteiger partial charge is 0.496 e. The molecule has 2 aromatic carbocycles. The van der Waals surface area contributed by atoms with Crippen molar-refractivity contribution in [3.8, 4) is 5.75 Å². The number of hydrogen-bond donors (Lipinski definition) is 0. The zero-order valence-corrected chi connectivity index (χ0v) is 11.5. The molecule has 3 nitrogen and oxygen atoms in total. The molecule has 2 aromatic rings. The highest BCUT2D eigenvalue weighted by atomic mass is 16.5. The molecule has 0 aromatic heterocycles. The van der Waals surface area contributed by atoms with Crippen LogP contribution < -0.4 is 4.74 Å². The molecule has 1 aliphatic heterocycles. The van der Waals surface area contributed by atoms with Crippen molar-refractivity contribution in [3.05, 3.63) is 65.7 Å². The van der Waals surface area contributed by atoms with Gasteiger partial charge in [-0.05, 0) is 11.6 Å². The summed E-state index contributed by atoms with van der Waals surface area (Å²) in [4.78, 5) is 13.8. The first-order valence-electron chi connectivity index (χ1n) is 6.76. The summed E-state index contributed by atoms with van der Waals surface area (Å²) in [5.74, 6) is 1.03. The number of β-lactam (4-membered cyclic amide) rings is 1. The second kappa shape index (κ2) is 5.37. The molecule has 0 spiro atoms. The lowest BCUT2D eigenvalue weighted by Crippen LogP contribution is -2.45. The Hall–Kier alpha value is -2.29. The molecule has 1 atom stereocenters. The number of carbonyl (C=O) groups is 1. The molecule has 1 aliphatic rings. The third-order valence-corrected chi connectivity index (χ3v) is 3.78. The number of amides is 1. The number of nitrogens with zero attached hydrogens (tertiary/aromatic N) is 1. The SMILES string of the molecule is COc1ccccc1CN1C(=O)C[C@@H]1c1ccccc1. The molecule has 1 heterocycles. The van der Waals surface area contributed by atoms with Crippen LogP contribution in [0, 0.1) is 0 Å². The van der Waals surface area contributed by atoms with Gasteiger partial charge in [-0.1, -0.05) is 48.5 Å². The van der Waals surface area contributed by atoms with Gasteiger partial charge in [-0.3, -0.25) is 4.79 Å². The van der Waals surface area contributed by atoms with Crippen LogP contribution in [0.15, 0.2) is 54.6 Å². The van der Waals surface area contributed by atoms with Crippen molar-refractivity contribution in [1.29, 1.82) is 0 Å². The molecule has 3 rings (SSSR count). The Morgan fingerprint density at radius 1 is 1.10 bits per heavy atom. The first-order chi connectivity index (χ1) is 9.79. The van der Waals surface area contributed by atoms with E-state index in [1.807, 2.05) is 47.4 Å². The Labute approximate surface area is 118 Å². The normalized spacial score (nSPS) is 17.8. The summed E-state index contributed by atoms with van der Waals surface area (Å²) in [5, 5.41) is 0. The minimum Gasteiger partial charge on any atom is -0.496 e. The van der Waals surface area contributed by atoms with Crippen molar-refractivity contribution in [2.24, 2.45) is 0 Å². The first-order valence-corrected chi connectivity index (χ1v) is 6.76. The van der Waals surface area contributed by atoms with E-state index < -0.39 is 0 Å². The monoisotopic (exact) mass is 267 g/mol. The van der Waals surface area contributed by atoms with E-state index in [1.54, 1.807) is 7.11 Å². The van der Waals surface area contributed by atoms with Gasteiger partial charge < -0.3 is 9.64 Å². The third kappa shape index (κ3) is 2.27. The molecule has 1 fully saturated rings. The smallest absolute Gasteiger partial charge is 0.225 e. The van der Waals surface area contributed by atoms with E-state index in [0.717, 1.165) is 11.3 Å². The van der Waals surface area contributed by atoms with E-state index in [0.29, 0.717) is 13.0 Å². The topological polar surface area (TPSA) is 29.5 Å². The maximum atomic E-state index is 11.9. The Kier molecular flexibility index (Phi) is 3.42. The summed E-state index contributed by atoms with van der Waals surface area (Å²) in [5.41, 5.74) is 2.24. The molecule has 0 saturated carbocycles. The average Bonchev–Trinajstić information content (AvgIpc) is 2.51. The molecule has 0 bridgehead atoms. The highest BCUT2D eigenvalue weighted by Gasteiger charge is 2.37. The van der Waals surface area contributed by atoms with Crippen molar-refractivity contribution < 1.29 is 9.53 Å². The van der Waals surface area contributed by atoms with Gasteiger partial charge in [0.25, 0.3) is 0 Å². The fraction of sp³-hybridized carbons (Fsp3) is 0.235. The van der Waals surface area contributed by atoms with Crippen LogP contribution >= 0.6 is 0 Å². The molecule has 102 valence electrons. The van der Waals surface area contributed by atoms with Gasteiger partial charge in [0, 0.05) is 12.1 Å². The minimum absolute atomic E-state index is 0.189. The van der Waals surface area contributed by atoms with Crippen LogP contribution in [0.3, 0.4) is 0 Å². The van der Waals surface area contributed by atoms with E-state index in [1.165, 1.54) is 5.56 Å². The second-order valence-electron chi connectivity index (χ2n) is 4.96. The molecule has 3 heteroatoms. The highest BCUT2D eigenvalue weighted by Crippen LogP contribution is 2.36. The third-order valence-electron chi connectivity index (χ3n) is 3.78. The molecular formula is C17H17NO2. The van der Waals surface area contributed by atoms with Crippen molar-refractivity contribution in [2.45, 2.75) is 19.0 Å². The molecule has 1 amide bonds. The number of rotatable bonds is 4. The predicted octanol–water partition coefficient (Wildman–Crippen LogP) is 3.17. The maximum Gasteiger partial charge on any atom is 0.225 e. The number of methoxy groups -OCH3 is 1. The number of ether oxygens (including phenoxy) is 1. The first kappa shape index (κ1) is 12.7. The number of benzene rings is 2. The second-order valence-corrected chi connectivity index (χ2v) is 4.96. The van der Waals surface area contributed by atoms with Crippen LogP contribution in [0.1, 0.15) is 23.6 Å². The van der Waals surface area contributed by atoms with Gasteiger partial charge >= 0.3 is 0 Å². The number of hydrogen-bond acceptors (Lipinski definition) is 2. The molecule has 0 N–H and O–H groups in total. The van der Waals surface area contributed by atoms with Crippen molar-refractivity contribution >= 4 is 5.91 Å². The summed E-state index contributed by atoms with van der Waals surface area (Å²) in [6, 6.07) is 18.2. The average molecular weight is 267 g/mol. The van der Waals surface area contributed by atoms with Crippen LogP contribution in [0.25, 0.3) is 0 Å². The molecule has 1 saturated heterocycles. The van der Waals surface area contributed by atoms with Gasteiger partial charge in [0.1, 0.15) is 5.75 Å². The van der Waals surface area contributed by atoms with Gasteiger partial charge in [-0.15, -0.1) is 0 Å². The number of likely N-dealkylation sites (tertiary alicyclic amines) is 1. The van der Waals surface area contributed by atoms with Crippen molar-refractivity contribution in [2.75, 3.05) is 7.11 Å². The summed E-state index contributed by atoms with van der Waals surface area (Å²) < 4.78 is 5.35. The molecule has 20 heavy (non-hydrogen) atoms. The number of para-hydroxylation sites is 1. The summed E-state index contributed by atoms with van der Waals surface area (Å²) in [6.45, 7) is 0.600. The fourth-order valence-corrected chi connectivity index (χ4v) is 2.64. The quantitative estimate of drug-likeness (QED) is 0.796. The minimum atomic E-state index is 0.189. The lowest BCUT2D eigenvalue weighted by atomic mass is 9.93. The molecular weight excluding hydrogens is 250 g/mol. The molecule has 0 radical (unpaired) electrons. The van der Waals surface area contributed by atoms with Gasteiger partial charge in [0.05, 0.1) is 19.6 Å². The van der Waals surface area contributed by atoms with Gasteiger partial charge in [-0.25, -0.2) is 0 Å². The summed E-state index contributed by atoms with van der Waals surface area (Å²) >= 11 is 0.